The third kappa shape index (κ3) is 9.00. The van der Waals surface area contributed by atoms with Crippen LogP contribution in [0.25, 0.3) is 0 Å². The van der Waals surface area contributed by atoms with Crippen molar-refractivity contribution in [1.29, 1.82) is 0 Å². The van der Waals surface area contributed by atoms with Crippen molar-refractivity contribution in [1.82, 2.24) is 0 Å². The van der Waals surface area contributed by atoms with Crippen LogP contribution >= 0.6 is 0 Å². The highest BCUT2D eigenvalue weighted by Crippen LogP contribution is 1.97. The number of carbonyl (C=O) groups is 2. The molecule has 0 aliphatic carbocycles. The van der Waals surface area contributed by atoms with Crippen LogP contribution in [0, 0.1) is 0 Å². The predicted octanol–water partition coefficient (Wildman–Crippen LogP) is 1.84. The van der Waals surface area contributed by atoms with Crippen LogP contribution in [0.3, 0.4) is 0 Å². The van der Waals surface area contributed by atoms with Crippen molar-refractivity contribution in [2.24, 2.45) is 0 Å². The van der Waals surface area contributed by atoms with Crippen molar-refractivity contribution in [2.75, 3.05) is 13.2 Å². The fraction of sp³-hybridized carbons (Fsp3) is 0.636. The van der Waals surface area contributed by atoms with E-state index in [1.165, 1.54) is 0 Å². The fourth-order valence-electron chi connectivity index (χ4n) is 0.870. The summed E-state index contributed by atoms with van der Waals surface area (Å²) in [6, 6.07) is 0. The second-order valence-electron chi connectivity index (χ2n) is 3.05. The molecule has 0 spiro atoms. The van der Waals surface area contributed by atoms with E-state index < -0.39 is 5.97 Å². The Morgan fingerprint density at radius 1 is 1.20 bits per heavy atom. The van der Waals surface area contributed by atoms with Gasteiger partial charge in [0.25, 0.3) is 0 Å². The lowest BCUT2D eigenvalue weighted by molar-refractivity contribution is -0.144. The average molecular weight is 214 g/mol. The molecule has 15 heavy (non-hydrogen) atoms. The van der Waals surface area contributed by atoms with E-state index >= 15 is 0 Å². The molecule has 0 aromatic heterocycles. The van der Waals surface area contributed by atoms with Crippen molar-refractivity contribution in [2.45, 2.75) is 32.6 Å². The molecule has 4 heteroatoms. The monoisotopic (exact) mass is 214 g/mol. The van der Waals surface area contributed by atoms with Gasteiger partial charge in [-0.3, -0.25) is 4.79 Å². The van der Waals surface area contributed by atoms with Gasteiger partial charge in [-0.2, -0.15) is 0 Å². The zero-order chi connectivity index (χ0) is 11.5. The molecule has 0 bridgehead atoms. The SMILES string of the molecule is C=CC(=O)OCCCOC(=O)CCCC. The molecule has 0 N–H and O–H groups in total. The molecule has 0 radical (unpaired) electrons. The average Bonchev–Trinajstić information content (AvgIpc) is 2.25. The van der Waals surface area contributed by atoms with Crippen LogP contribution in [0.1, 0.15) is 32.6 Å². The number of esters is 2. The topological polar surface area (TPSA) is 52.6 Å². The molecule has 0 aromatic carbocycles. The minimum Gasteiger partial charge on any atom is -0.466 e. The molecule has 0 saturated carbocycles. The lowest BCUT2D eigenvalue weighted by atomic mass is 10.2. The zero-order valence-electron chi connectivity index (χ0n) is 9.16. The molecule has 0 saturated heterocycles. The molecule has 0 amide bonds. The molecule has 0 aromatic rings. The summed E-state index contributed by atoms with van der Waals surface area (Å²) >= 11 is 0. The van der Waals surface area contributed by atoms with Crippen molar-refractivity contribution < 1.29 is 19.1 Å². The molecule has 0 aliphatic heterocycles. The Morgan fingerprint density at radius 2 is 1.87 bits per heavy atom. The number of hydrogen-bond donors (Lipinski definition) is 0. The second-order valence-corrected chi connectivity index (χ2v) is 3.05. The van der Waals surface area contributed by atoms with E-state index in [1.54, 1.807) is 0 Å². The summed E-state index contributed by atoms with van der Waals surface area (Å²) in [6.45, 7) is 5.83. The number of carbonyl (C=O) groups excluding carboxylic acids is 2. The summed E-state index contributed by atoms with van der Waals surface area (Å²) in [5.41, 5.74) is 0. The Kier molecular flexibility index (Phi) is 8.43. The first kappa shape index (κ1) is 13.7. The van der Waals surface area contributed by atoms with Gasteiger partial charge < -0.3 is 9.47 Å². The van der Waals surface area contributed by atoms with Crippen LogP contribution in [-0.2, 0) is 19.1 Å². The highest BCUT2D eigenvalue weighted by atomic mass is 16.5. The summed E-state index contributed by atoms with van der Waals surface area (Å²) in [7, 11) is 0. The van der Waals surface area contributed by atoms with Gasteiger partial charge in [0.1, 0.15) is 0 Å². The first-order chi connectivity index (χ1) is 7.20. The van der Waals surface area contributed by atoms with Crippen molar-refractivity contribution >= 4 is 11.9 Å². The standard InChI is InChI=1S/C11H18O4/c1-3-5-7-11(13)15-9-6-8-14-10(12)4-2/h4H,2-3,5-9H2,1H3. The molecule has 0 fully saturated rings. The smallest absolute Gasteiger partial charge is 0.330 e. The summed E-state index contributed by atoms with van der Waals surface area (Å²) in [4.78, 5) is 21.6. The van der Waals surface area contributed by atoms with Gasteiger partial charge in [-0.15, -0.1) is 0 Å². The van der Waals surface area contributed by atoms with E-state index in [1.807, 2.05) is 6.92 Å². The summed E-state index contributed by atoms with van der Waals surface area (Å²) < 4.78 is 9.61. The highest BCUT2D eigenvalue weighted by Gasteiger charge is 2.01. The van der Waals surface area contributed by atoms with Gasteiger partial charge in [-0.1, -0.05) is 19.9 Å². The van der Waals surface area contributed by atoms with Gasteiger partial charge in [0.2, 0.25) is 0 Å². The first-order valence-electron chi connectivity index (χ1n) is 5.15. The van der Waals surface area contributed by atoms with E-state index in [2.05, 4.69) is 6.58 Å². The summed E-state index contributed by atoms with van der Waals surface area (Å²) in [5.74, 6) is -0.640. The second kappa shape index (κ2) is 9.24. The van der Waals surface area contributed by atoms with Gasteiger partial charge in [-0.25, -0.2) is 4.79 Å². The minimum atomic E-state index is -0.452. The first-order valence-corrected chi connectivity index (χ1v) is 5.15. The van der Waals surface area contributed by atoms with Gasteiger partial charge in [-0.05, 0) is 6.42 Å². The van der Waals surface area contributed by atoms with Gasteiger partial charge in [0.15, 0.2) is 0 Å². The van der Waals surface area contributed by atoms with Crippen LogP contribution < -0.4 is 0 Å². The van der Waals surface area contributed by atoms with Gasteiger partial charge >= 0.3 is 11.9 Å². The highest BCUT2D eigenvalue weighted by molar-refractivity contribution is 5.81. The lowest BCUT2D eigenvalue weighted by Gasteiger charge is -2.04. The molecule has 0 atom stereocenters. The van der Waals surface area contributed by atoms with Crippen LogP contribution in [0.15, 0.2) is 12.7 Å². The Balaban J connectivity index is 3.27. The quantitative estimate of drug-likeness (QED) is 0.351. The third-order valence-corrected chi connectivity index (χ3v) is 1.70. The van der Waals surface area contributed by atoms with Crippen LogP contribution in [0.5, 0.6) is 0 Å². The molecule has 4 nitrogen and oxygen atoms in total. The number of rotatable bonds is 8. The zero-order valence-corrected chi connectivity index (χ0v) is 9.16. The largest absolute Gasteiger partial charge is 0.466 e. The van der Waals surface area contributed by atoms with E-state index in [0.29, 0.717) is 19.4 Å². The van der Waals surface area contributed by atoms with Crippen LogP contribution in [-0.4, -0.2) is 25.2 Å². The van der Waals surface area contributed by atoms with Crippen molar-refractivity contribution in [3.05, 3.63) is 12.7 Å². The Bertz CT molecular complexity index is 211. The Hall–Kier alpha value is -1.32. The van der Waals surface area contributed by atoms with Gasteiger partial charge in [0.05, 0.1) is 13.2 Å². The van der Waals surface area contributed by atoms with Crippen LogP contribution in [0.4, 0.5) is 0 Å². The van der Waals surface area contributed by atoms with E-state index in [-0.39, 0.29) is 12.6 Å². The molecule has 86 valence electrons. The molecule has 0 heterocycles. The molecular formula is C11H18O4. The summed E-state index contributed by atoms with van der Waals surface area (Å²) in [5, 5.41) is 0. The van der Waals surface area contributed by atoms with Crippen molar-refractivity contribution in [3.8, 4) is 0 Å². The molecule has 0 unspecified atom stereocenters. The maximum absolute atomic E-state index is 11.0. The van der Waals surface area contributed by atoms with Crippen molar-refractivity contribution in [3.63, 3.8) is 0 Å². The Morgan fingerprint density at radius 3 is 2.47 bits per heavy atom. The number of ether oxygens (including phenoxy) is 2. The normalized spacial score (nSPS) is 9.40. The number of hydrogen-bond acceptors (Lipinski definition) is 4. The maximum atomic E-state index is 11.0. The minimum absolute atomic E-state index is 0.188. The molecule has 0 rings (SSSR count). The lowest BCUT2D eigenvalue weighted by Crippen LogP contribution is -2.09. The Labute approximate surface area is 90.2 Å². The van der Waals surface area contributed by atoms with Gasteiger partial charge in [0, 0.05) is 18.9 Å². The molecular weight excluding hydrogens is 196 g/mol. The summed E-state index contributed by atoms with van der Waals surface area (Å²) in [6.07, 6.45) is 3.92. The predicted molar refractivity (Wildman–Crippen MR) is 56.3 cm³/mol. The molecule has 0 aliphatic rings. The number of unbranched alkanes of at least 4 members (excludes halogenated alkanes) is 1. The maximum Gasteiger partial charge on any atom is 0.330 e. The van der Waals surface area contributed by atoms with E-state index in [9.17, 15) is 9.59 Å². The fourth-order valence-corrected chi connectivity index (χ4v) is 0.870. The van der Waals surface area contributed by atoms with E-state index in [4.69, 9.17) is 9.47 Å². The third-order valence-electron chi connectivity index (χ3n) is 1.70. The van der Waals surface area contributed by atoms with Crippen LogP contribution in [0.2, 0.25) is 0 Å². The van der Waals surface area contributed by atoms with E-state index in [0.717, 1.165) is 18.9 Å².